The summed E-state index contributed by atoms with van der Waals surface area (Å²) >= 11 is 13.4. The Hall–Kier alpha value is 0.150. The molecule has 0 bridgehead atoms. The highest BCUT2D eigenvalue weighted by Gasteiger charge is 2.15. The van der Waals surface area contributed by atoms with Gasteiger partial charge in [0.15, 0.2) is 0 Å². The second-order valence-electron chi connectivity index (χ2n) is 4.56. The fourth-order valence-corrected chi connectivity index (χ4v) is 4.47. The van der Waals surface area contributed by atoms with Gasteiger partial charge in [0, 0.05) is 19.1 Å². The first-order valence-corrected chi connectivity index (χ1v) is 9.81. The van der Waals surface area contributed by atoms with Gasteiger partial charge in [-0.05, 0) is 31.5 Å². The zero-order valence-corrected chi connectivity index (χ0v) is 15.0. The third-order valence-electron chi connectivity index (χ3n) is 3.01. The Labute approximate surface area is 135 Å². The lowest BCUT2D eigenvalue weighted by Crippen LogP contribution is -2.32. The minimum Gasteiger partial charge on any atom is -0.310 e. The largest absolute Gasteiger partial charge is 0.310 e. The number of nitrogens with one attached hydrogen (secondary N) is 1. The van der Waals surface area contributed by atoms with Crippen molar-refractivity contribution in [3.8, 4) is 0 Å². The Morgan fingerprint density at radius 1 is 1.45 bits per heavy atom. The fourth-order valence-electron chi connectivity index (χ4n) is 1.89. The van der Waals surface area contributed by atoms with Gasteiger partial charge in [-0.3, -0.25) is 0 Å². The highest BCUT2D eigenvalue weighted by atomic mass is 35.5. The van der Waals surface area contributed by atoms with Crippen LogP contribution in [0.1, 0.15) is 31.9 Å². The third kappa shape index (κ3) is 5.50. The number of thiophene rings is 1. The minimum absolute atomic E-state index is 0.0968. The van der Waals surface area contributed by atoms with Crippen LogP contribution in [0.3, 0.4) is 0 Å². The zero-order chi connectivity index (χ0) is 15.3. The van der Waals surface area contributed by atoms with E-state index in [4.69, 9.17) is 23.2 Å². The predicted molar refractivity (Wildman–Crippen MR) is 87.5 cm³/mol. The number of hydrogen-bond acceptors (Lipinski definition) is 4. The van der Waals surface area contributed by atoms with Crippen LogP contribution < -0.4 is 5.32 Å². The van der Waals surface area contributed by atoms with E-state index in [1.807, 2.05) is 19.9 Å². The number of rotatable bonds is 8. The molecule has 1 aromatic heterocycles. The van der Waals surface area contributed by atoms with Gasteiger partial charge in [0.2, 0.25) is 10.0 Å². The number of sulfonamides is 1. The van der Waals surface area contributed by atoms with Crippen molar-refractivity contribution < 1.29 is 8.42 Å². The van der Waals surface area contributed by atoms with Crippen LogP contribution in [0.5, 0.6) is 0 Å². The van der Waals surface area contributed by atoms with Crippen LogP contribution in [0.25, 0.3) is 0 Å². The molecule has 20 heavy (non-hydrogen) atoms. The molecule has 0 saturated carbocycles. The Morgan fingerprint density at radius 3 is 2.55 bits per heavy atom. The number of hydrogen-bond donors (Lipinski definition) is 1. The van der Waals surface area contributed by atoms with Crippen molar-refractivity contribution in [1.29, 1.82) is 0 Å². The Morgan fingerprint density at radius 2 is 2.10 bits per heavy atom. The molecular weight excluding hydrogens is 339 g/mol. The van der Waals surface area contributed by atoms with E-state index in [-0.39, 0.29) is 6.04 Å². The maximum atomic E-state index is 11.4. The van der Waals surface area contributed by atoms with Gasteiger partial charge in [0.05, 0.1) is 14.9 Å². The Balaban J connectivity index is 2.39. The fraction of sp³-hybridized carbons (Fsp3) is 0.667. The molecular formula is C12H20Cl2N2O2S2. The molecule has 0 aliphatic rings. The molecule has 1 aromatic rings. The summed E-state index contributed by atoms with van der Waals surface area (Å²) in [5.41, 5.74) is 0.983. The standard InChI is InChI=1S/C12H20Cl2N2O2S2/c1-4-16(20(3,17)18)7-5-6-15-9(2)10-8-11(13)19-12(10)14/h8-9,15H,4-7H2,1-3H3. The van der Waals surface area contributed by atoms with Crippen LogP contribution in [0.15, 0.2) is 6.07 Å². The van der Waals surface area contributed by atoms with Crippen molar-refractivity contribution in [1.82, 2.24) is 9.62 Å². The average molecular weight is 359 g/mol. The molecule has 0 fully saturated rings. The van der Waals surface area contributed by atoms with Crippen LogP contribution in [0.4, 0.5) is 0 Å². The van der Waals surface area contributed by atoms with Gasteiger partial charge in [0.1, 0.15) is 0 Å². The first-order chi connectivity index (χ1) is 9.25. The minimum atomic E-state index is -3.10. The van der Waals surface area contributed by atoms with Crippen LogP contribution in [-0.2, 0) is 10.0 Å². The second-order valence-corrected chi connectivity index (χ2v) is 8.83. The second kappa shape index (κ2) is 7.96. The van der Waals surface area contributed by atoms with Crippen LogP contribution in [0.2, 0.25) is 8.67 Å². The Kier molecular flexibility index (Phi) is 7.24. The van der Waals surface area contributed by atoms with Crippen molar-refractivity contribution in [2.75, 3.05) is 25.9 Å². The topological polar surface area (TPSA) is 49.4 Å². The molecule has 0 aromatic carbocycles. The van der Waals surface area contributed by atoms with E-state index >= 15 is 0 Å². The lowest BCUT2D eigenvalue weighted by Gasteiger charge is -2.19. The van der Waals surface area contributed by atoms with E-state index in [2.05, 4.69) is 5.32 Å². The van der Waals surface area contributed by atoms with Gasteiger partial charge in [-0.1, -0.05) is 30.1 Å². The molecule has 0 aliphatic carbocycles. The van der Waals surface area contributed by atoms with Gasteiger partial charge in [-0.2, -0.15) is 0 Å². The first-order valence-electron chi connectivity index (χ1n) is 6.39. The normalized spacial score (nSPS) is 13.9. The van der Waals surface area contributed by atoms with Gasteiger partial charge >= 0.3 is 0 Å². The predicted octanol–water partition coefficient (Wildman–Crippen LogP) is 3.38. The molecule has 0 radical (unpaired) electrons. The van der Waals surface area contributed by atoms with E-state index in [0.717, 1.165) is 18.5 Å². The van der Waals surface area contributed by atoms with Crippen molar-refractivity contribution in [3.05, 3.63) is 20.3 Å². The van der Waals surface area contributed by atoms with Gasteiger partial charge < -0.3 is 5.32 Å². The molecule has 1 atom stereocenters. The summed E-state index contributed by atoms with van der Waals surface area (Å²) in [5, 5.41) is 3.33. The number of nitrogens with zero attached hydrogens (tertiary/aromatic N) is 1. The van der Waals surface area contributed by atoms with Crippen molar-refractivity contribution in [2.24, 2.45) is 0 Å². The molecule has 8 heteroatoms. The molecule has 1 N–H and O–H groups in total. The summed E-state index contributed by atoms with van der Waals surface area (Å²) in [6, 6.07) is 1.96. The van der Waals surface area contributed by atoms with Gasteiger partial charge in [0.25, 0.3) is 0 Å². The van der Waals surface area contributed by atoms with E-state index in [0.29, 0.717) is 21.8 Å². The third-order valence-corrected chi connectivity index (χ3v) is 5.90. The van der Waals surface area contributed by atoms with Crippen LogP contribution in [-0.4, -0.2) is 38.6 Å². The molecule has 116 valence electrons. The highest BCUT2D eigenvalue weighted by molar-refractivity contribution is 7.88. The summed E-state index contributed by atoms with van der Waals surface area (Å²) in [5.74, 6) is 0. The van der Waals surface area contributed by atoms with E-state index in [1.165, 1.54) is 21.9 Å². The quantitative estimate of drug-likeness (QED) is 0.724. The van der Waals surface area contributed by atoms with E-state index in [1.54, 1.807) is 0 Å². The van der Waals surface area contributed by atoms with Crippen molar-refractivity contribution in [3.63, 3.8) is 0 Å². The maximum Gasteiger partial charge on any atom is 0.211 e. The van der Waals surface area contributed by atoms with Crippen molar-refractivity contribution in [2.45, 2.75) is 26.3 Å². The smallest absolute Gasteiger partial charge is 0.211 e. The molecule has 0 amide bonds. The molecule has 0 saturated heterocycles. The average Bonchev–Trinajstić information content (AvgIpc) is 2.66. The number of halogens is 2. The molecule has 1 heterocycles. The van der Waals surface area contributed by atoms with Crippen LogP contribution >= 0.6 is 34.5 Å². The lowest BCUT2D eigenvalue weighted by molar-refractivity contribution is 0.413. The van der Waals surface area contributed by atoms with Gasteiger partial charge in [-0.25, -0.2) is 12.7 Å². The Bertz CT molecular complexity index is 532. The molecule has 1 rings (SSSR count). The monoisotopic (exact) mass is 358 g/mol. The van der Waals surface area contributed by atoms with E-state index < -0.39 is 10.0 Å². The van der Waals surface area contributed by atoms with Crippen LogP contribution in [0, 0.1) is 0 Å². The molecule has 0 aliphatic heterocycles. The SMILES string of the molecule is CCN(CCCNC(C)c1cc(Cl)sc1Cl)S(C)(=O)=O. The summed E-state index contributed by atoms with van der Waals surface area (Å²) in [6.45, 7) is 5.59. The molecule has 4 nitrogen and oxygen atoms in total. The van der Waals surface area contributed by atoms with E-state index in [9.17, 15) is 8.42 Å². The lowest BCUT2D eigenvalue weighted by atomic mass is 10.2. The van der Waals surface area contributed by atoms with Crippen molar-refractivity contribution >= 4 is 44.6 Å². The summed E-state index contributed by atoms with van der Waals surface area (Å²) in [6.07, 6.45) is 1.99. The maximum absolute atomic E-state index is 11.4. The summed E-state index contributed by atoms with van der Waals surface area (Å²) < 4.78 is 25.7. The van der Waals surface area contributed by atoms with Gasteiger partial charge in [-0.15, -0.1) is 11.3 Å². The zero-order valence-electron chi connectivity index (χ0n) is 11.8. The summed E-state index contributed by atoms with van der Waals surface area (Å²) in [4.78, 5) is 0. The molecule has 0 spiro atoms. The summed E-state index contributed by atoms with van der Waals surface area (Å²) in [7, 11) is -3.10. The first kappa shape index (κ1) is 18.2. The highest BCUT2D eigenvalue weighted by Crippen LogP contribution is 2.34. The molecule has 1 unspecified atom stereocenters.